The van der Waals surface area contributed by atoms with Crippen molar-refractivity contribution in [2.75, 3.05) is 0 Å². The lowest BCUT2D eigenvalue weighted by Crippen LogP contribution is -1.99. The number of hydrogen-bond donors (Lipinski definition) is 0. The average molecular weight is 237 g/mol. The minimum Gasteiger partial charge on any atom is -0.453 e. The van der Waals surface area contributed by atoms with Gasteiger partial charge in [0.25, 0.3) is 0 Å². The number of rotatable bonds is 1. The second-order valence-electron chi connectivity index (χ2n) is 3.10. The van der Waals surface area contributed by atoms with E-state index in [2.05, 4.69) is 13.2 Å². The van der Waals surface area contributed by atoms with E-state index in [1.165, 1.54) is 0 Å². The van der Waals surface area contributed by atoms with Gasteiger partial charge in [0, 0.05) is 10.9 Å². The maximum Gasteiger partial charge on any atom is 0.215 e. The molecule has 1 aromatic rings. The lowest BCUT2D eigenvalue weighted by atomic mass is 10.1. The van der Waals surface area contributed by atoms with E-state index in [4.69, 9.17) is 15.8 Å². The summed E-state index contributed by atoms with van der Waals surface area (Å²) in [7, 11) is -1.12. The number of benzene rings is 1. The summed E-state index contributed by atoms with van der Waals surface area (Å²) in [5, 5.41) is 0.931. The molecule has 0 spiro atoms. The quantitative estimate of drug-likeness (QED) is 0.642. The second kappa shape index (κ2) is 4.22. The molecule has 2 rings (SSSR count). The van der Waals surface area contributed by atoms with Gasteiger partial charge in [-0.15, -0.1) is 0 Å². The van der Waals surface area contributed by atoms with Crippen LogP contribution >= 0.6 is 18.7 Å². The van der Waals surface area contributed by atoms with Crippen LogP contribution in [0.4, 0.5) is 0 Å². The molecule has 0 aliphatic carbocycles. The van der Waals surface area contributed by atoms with Crippen molar-refractivity contribution in [2.24, 2.45) is 0 Å². The number of halogens is 1. The Kier molecular flexibility index (Phi) is 2.95. The molecule has 0 saturated heterocycles. The van der Waals surface area contributed by atoms with Gasteiger partial charge in [-0.05, 0) is 29.0 Å². The van der Waals surface area contributed by atoms with Crippen molar-refractivity contribution >= 4 is 24.3 Å². The highest BCUT2D eigenvalue weighted by Gasteiger charge is 2.25. The van der Waals surface area contributed by atoms with Crippen molar-refractivity contribution in [1.29, 1.82) is 0 Å². The molecule has 0 saturated carbocycles. The summed E-state index contributed by atoms with van der Waals surface area (Å²) in [6.07, 6.45) is 3.56. The third-order valence-corrected chi connectivity index (χ3v) is 4.07. The zero-order valence-electron chi connectivity index (χ0n) is 8.11. The Morgan fingerprint density at radius 3 is 2.80 bits per heavy atom. The molecule has 1 unspecified atom stereocenters. The van der Waals surface area contributed by atoms with Crippen LogP contribution < -0.4 is 4.52 Å². The van der Waals surface area contributed by atoms with Gasteiger partial charge < -0.3 is 4.52 Å². The summed E-state index contributed by atoms with van der Waals surface area (Å²) in [6.45, 7) is 7.70. The summed E-state index contributed by atoms with van der Waals surface area (Å²) >= 11 is 6.15. The standard InChI is InChI=1S/C12H10ClOP/c1-3-6-12-9(2)10-7-4-5-8-11(10)14-15(12)13/h3-8H,1-2H2/b12-6+. The van der Waals surface area contributed by atoms with Gasteiger partial charge in [-0.1, -0.05) is 37.4 Å². The van der Waals surface area contributed by atoms with Crippen LogP contribution in [0, 0.1) is 0 Å². The Morgan fingerprint density at radius 2 is 2.07 bits per heavy atom. The van der Waals surface area contributed by atoms with Crippen LogP contribution in [0.5, 0.6) is 5.75 Å². The van der Waals surface area contributed by atoms with Crippen LogP contribution in [0.15, 0.2) is 54.9 Å². The van der Waals surface area contributed by atoms with E-state index < -0.39 is 7.50 Å². The lowest BCUT2D eigenvalue weighted by molar-refractivity contribution is 0.625. The maximum absolute atomic E-state index is 6.15. The first kappa shape index (κ1) is 10.5. The van der Waals surface area contributed by atoms with Crippen molar-refractivity contribution in [3.63, 3.8) is 0 Å². The molecule has 0 aromatic heterocycles. The number of allylic oxidation sites excluding steroid dienone is 4. The highest BCUT2D eigenvalue weighted by atomic mass is 35.7. The largest absolute Gasteiger partial charge is 0.453 e. The Bertz CT molecular complexity index is 451. The van der Waals surface area contributed by atoms with E-state index in [0.717, 1.165) is 22.2 Å². The smallest absolute Gasteiger partial charge is 0.215 e. The Labute approximate surface area is 95.3 Å². The zero-order chi connectivity index (χ0) is 10.8. The van der Waals surface area contributed by atoms with Crippen LogP contribution in [0.25, 0.3) is 5.57 Å². The molecule has 1 nitrogen and oxygen atoms in total. The van der Waals surface area contributed by atoms with E-state index >= 15 is 0 Å². The van der Waals surface area contributed by atoms with Gasteiger partial charge >= 0.3 is 0 Å². The van der Waals surface area contributed by atoms with Gasteiger partial charge in [-0.25, -0.2) is 0 Å². The molecule has 0 fully saturated rings. The number of fused-ring (bicyclic) bond motifs is 1. The summed E-state index contributed by atoms with van der Waals surface area (Å²) < 4.78 is 5.62. The normalized spacial score (nSPS) is 22.1. The van der Waals surface area contributed by atoms with Crippen molar-refractivity contribution in [1.82, 2.24) is 0 Å². The maximum atomic E-state index is 6.15. The fraction of sp³-hybridized carbons (Fsp3) is 0. The Hall–Kier alpha value is -1.04. The fourth-order valence-electron chi connectivity index (χ4n) is 1.45. The molecule has 0 radical (unpaired) electrons. The first-order valence-corrected chi connectivity index (χ1v) is 6.66. The van der Waals surface area contributed by atoms with Crippen molar-refractivity contribution in [2.45, 2.75) is 0 Å². The highest BCUT2D eigenvalue weighted by Crippen LogP contribution is 2.60. The molecule has 0 bridgehead atoms. The molecule has 1 atom stereocenters. The summed E-state index contributed by atoms with van der Waals surface area (Å²) in [6, 6.07) is 7.77. The van der Waals surface area contributed by atoms with E-state index in [-0.39, 0.29) is 0 Å². The minimum absolute atomic E-state index is 0.810. The summed E-state index contributed by atoms with van der Waals surface area (Å²) in [5.74, 6) is 0.810. The van der Waals surface area contributed by atoms with Crippen LogP contribution in [0.2, 0.25) is 0 Å². The molecule has 1 aliphatic heterocycles. The highest BCUT2D eigenvalue weighted by molar-refractivity contribution is 7.84. The molecule has 0 amide bonds. The average Bonchev–Trinajstić information content (AvgIpc) is 2.24. The van der Waals surface area contributed by atoms with E-state index in [9.17, 15) is 0 Å². The van der Waals surface area contributed by atoms with Crippen LogP contribution in [0.3, 0.4) is 0 Å². The summed E-state index contributed by atoms with van der Waals surface area (Å²) in [4.78, 5) is 0. The second-order valence-corrected chi connectivity index (χ2v) is 5.17. The van der Waals surface area contributed by atoms with E-state index in [0.29, 0.717) is 0 Å². The SMILES string of the molecule is C=C/C=C1\C(=C)c2ccccc2OP1Cl. The molecule has 1 aromatic carbocycles. The van der Waals surface area contributed by atoms with Crippen molar-refractivity contribution in [3.05, 3.63) is 60.5 Å². The molecular formula is C12H10ClOP. The van der Waals surface area contributed by atoms with E-state index in [1.54, 1.807) is 6.08 Å². The van der Waals surface area contributed by atoms with E-state index in [1.807, 2.05) is 30.3 Å². The van der Waals surface area contributed by atoms with Crippen LogP contribution in [0.1, 0.15) is 5.56 Å². The van der Waals surface area contributed by atoms with Crippen LogP contribution in [-0.4, -0.2) is 0 Å². The molecule has 76 valence electrons. The number of para-hydroxylation sites is 1. The molecule has 1 aliphatic rings. The topological polar surface area (TPSA) is 9.23 Å². The third kappa shape index (κ3) is 1.86. The van der Waals surface area contributed by atoms with Gasteiger partial charge in [0.15, 0.2) is 0 Å². The molecule has 0 N–H and O–H groups in total. The Balaban J connectivity index is 2.52. The van der Waals surface area contributed by atoms with Gasteiger partial charge in [-0.2, -0.15) is 0 Å². The first-order valence-electron chi connectivity index (χ1n) is 4.49. The Morgan fingerprint density at radius 1 is 1.33 bits per heavy atom. The van der Waals surface area contributed by atoms with Crippen LogP contribution in [-0.2, 0) is 0 Å². The van der Waals surface area contributed by atoms with Gasteiger partial charge in [0.1, 0.15) is 5.75 Å². The van der Waals surface area contributed by atoms with Crippen molar-refractivity contribution < 1.29 is 4.52 Å². The predicted octanol–water partition coefficient (Wildman–Crippen LogP) is 4.71. The van der Waals surface area contributed by atoms with Gasteiger partial charge in [-0.3, -0.25) is 0 Å². The fourth-order valence-corrected chi connectivity index (χ4v) is 3.13. The molecular weight excluding hydrogens is 227 g/mol. The minimum atomic E-state index is -1.12. The molecule has 1 heterocycles. The first-order chi connectivity index (χ1) is 7.24. The zero-order valence-corrected chi connectivity index (χ0v) is 9.76. The number of hydrogen-bond acceptors (Lipinski definition) is 1. The predicted molar refractivity (Wildman–Crippen MR) is 67.2 cm³/mol. The monoisotopic (exact) mass is 236 g/mol. The lowest BCUT2D eigenvalue weighted by Gasteiger charge is -2.25. The molecule has 3 heteroatoms. The third-order valence-electron chi connectivity index (χ3n) is 2.16. The van der Waals surface area contributed by atoms with Gasteiger partial charge in [0.2, 0.25) is 7.50 Å². The van der Waals surface area contributed by atoms with Gasteiger partial charge in [0.05, 0.1) is 0 Å². The van der Waals surface area contributed by atoms with Crippen molar-refractivity contribution in [3.8, 4) is 5.75 Å². The molecule has 15 heavy (non-hydrogen) atoms. The summed E-state index contributed by atoms with van der Waals surface area (Å²) in [5.41, 5.74) is 1.93.